The Bertz CT molecular complexity index is 835. The highest BCUT2D eigenvalue weighted by Crippen LogP contribution is 2.34. The summed E-state index contributed by atoms with van der Waals surface area (Å²) in [6.07, 6.45) is 1.07. The number of esters is 1. The highest BCUT2D eigenvalue weighted by molar-refractivity contribution is 6.27. The number of nitro groups is 1. The maximum Gasteiger partial charge on any atom is 0.339 e. The molecule has 2 aromatic rings. The Morgan fingerprint density at radius 2 is 1.68 bits per heavy atom. The van der Waals surface area contributed by atoms with Crippen LogP contribution in [-0.4, -0.2) is 17.5 Å². The lowest BCUT2D eigenvalue weighted by molar-refractivity contribution is -0.384. The van der Waals surface area contributed by atoms with Crippen LogP contribution >= 0.6 is 0 Å². The summed E-state index contributed by atoms with van der Waals surface area (Å²) in [5, 5.41) is 10.8. The predicted octanol–water partition coefficient (Wildman–Crippen LogP) is 4.58. The van der Waals surface area contributed by atoms with Crippen molar-refractivity contribution in [3.05, 3.63) is 75.3 Å². The van der Waals surface area contributed by atoms with Crippen LogP contribution in [0.2, 0.25) is 0 Å². The van der Waals surface area contributed by atoms with E-state index in [2.05, 4.69) is 26.0 Å². The van der Waals surface area contributed by atoms with Gasteiger partial charge in [-0.1, -0.05) is 38.1 Å². The van der Waals surface area contributed by atoms with Crippen molar-refractivity contribution in [3.63, 3.8) is 0 Å². The van der Waals surface area contributed by atoms with Crippen LogP contribution in [0, 0.1) is 10.1 Å². The molecule has 0 unspecified atom stereocenters. The lowest BCUT2D eigenvalue weighted by Gasteiger charge is -2.10. The number of nitro benzene ring substituents is 1. The molecule has 1 atom stereocenters. The fourth-order valence-corrected chi connectivity index (χ4v) is 2.92. The maximum atomic E-state index is 12.2. The smallest absolute Gasteiger partial charge is 0.339 e. The zero-order valence-electron chi connectivity index (χ0n) is 14.2. The first-order valence-corrected chi connectivity index (χ1v) is 8.26. The zero-order chi connectivity index (χ0) is 18.0. The lowest BCUT2D eigenvalue weighted by Crippen LogP contribution is -1.99. The number of carbonyl (C=O) groups excluding carboxylic acids is 1. The minimum absolute atomic E-state index is 0.00447. The van der Waals surface area contributed by atoms with Gasteiger partial charge in [-0.05, 0) is 41.2 Å². The van der Waals surface area contributed by atoms with Gasteiger partial charge in [0.1, 0.15) is 6.61 Å². The molecule has 5 nitrogen and oxygen atoms in total. The number of benzene rings is 2. The fraction of sp³-hybridized carbons (Fsp3) is 0.250. The van der Waals surface area contributed by atoms with E-state index in [0.29, 0.717) is 17.1 Å². The van der Waals surface area contributed by atoms with Gasteiger partial charge in [-0.3, -0.25) is 10.1 Å². The van der Waals surface area contributed by atoms with Crippen molar-refractivity contribution in [2.24, 2.45) is 0 Å². The van der Waals surface area contributed by atoms with E-state index in [0.717, 1.165) is 17.6 Å². The Hall–Kier alpha value is -2.95. The van der Waals surface area contributed by atoms with Gasteiger partial charge in [0.2, 0.25) is 0 Å². The first-order valence-electron chi connectivity index (χ1n) is 8.26. The number of non-ortho nitro benzene ring substituents is 1. The van der Waals surface area contributed by atoms with Crippen LogP contribution in [0.15, 0.2) is 48.5 Å². The zero-order valence-corrected chi connectivity index (χ0v) is 14.2. The molecule has 5 heteroatoms. The second kappa shape index (κ2) is 6.89. The van der Waals surface area contributed by atoms with Gasteiger partial charge < -0.3 is 4.74 Å². The van der Waals surface area contributed by atoms with Gasteiger partial charge in [-0.25, -0.2) is 4.79 Å². The molecule has 1 aliphatic heterocycles. The molecule has 128 valence electrons. The van der Waals surface area contributed by atoms with Gasteiger partial charge in [0.25, 0.3) is 5.69 Å². The number of rotatable bonds is 5. The molecule has 0 aromatic heterocycles. The molecule has 0 saturated heterocycles. The molecular formula is C20H19NO4. The third-order valence-corrected chi connectivity index (χ3v) is 4.66. The topological polar surface area (TPSA) is 69.4 Å². The van der Waals surface area contributed by atoms with Crippen molar-refractivity contribution in [2.75, 3.05) is 6.61 Å². The van der Waals surface area contributed by atoms with E-state index in [-0.39, 0.29) is 12.3 Å². The molecule has 2 aromatic carbocycles. The van der Waals surface area contributed by atoms with Crippen molar-refractivity contribution in [1.82, 2.24) is 0 Å². The fourth-order valence-electron chi connectivity index (χ4n) is 2.92. The van der Waals surface area contributed by atoms with Crippen LogP contribution in [-0.2, 0) is 9.53 Å². The number of ether oxygens (including phenoxy) is 1. The molecule has 0 saturated carbocycles. The van der Waals surface area contributed by atoms with Crippen LogP contribution < -0.4 is 0 Å². The molecule has 0 bridgehead atoms. The first-order chi connectivity index (χ1) is 12.0. The Morgan fingerprint density at radius 3 is 2.24 bits per heavy atom. The Kier molecular flexibility index (Phi) is 4.65. The maximum absolute atomic E-state index is 12.2. The van der Waals surface area contributed by atoms with E-state index in [1.807, 2.05) is 12.1 Å². The molecule has 0 spiro atoms. The Labute approximate surface area is 146 Å². The monoisotopic (exact) mass is 337 g/mol. The van der Waals surface area contributed by atoms with Gasteiger partial charge in [0, 0.05) is 17.7 Å². The van der Waals surface area contributed by atoms with Crippen molar-refractivity contribution in [2.45, 2.75) is 26.2 Å². The Balaban J connectivity index is 2.00. The Morgan fingerprint density at radius 1 is 1.08 bits per heavy atom. The molecule has 1 heterocycles. The van der Waals surface area contributed by atoms with Crippen LogP contribution in [0.3, 0.4) is 0 Å². The normalized spacial score (nSPS) is 15.2. The molecule has 0 radical (unpaired) electrons. The molecule has 0 aliphatic carbocycles. The molecular weight excluding hydrogens is 318 g/mol. The summed E-state index contributed by atoms with van der Waals surface area (Å²) in [5.41, 5.74) is 4.12. The quantitative estimate of drug-likeness (QED) is 0.455. The molecule has 1 aliphatic rings. The van der Waals surface area contributed by atoms with E-state index in [1.54, 1.807) is 12.1 Å². The lowest BCUT2D eigenvalue weighted by atomic mass is 9.93. The summed E-state index contributed by atoms with van der Waals surface area (Å²) >= 11 is 0. The van der Waals surface area contributed by atoms with Gasteiger partial charge in [-0.2, -0.15) is 0 Å². The third kappa shape index (κ3) is 3.31. The molecule has 3 rings (SSSR count). The van der Waals surface area contributed by atoms with Crippen LogP contribution in [0.5, 0.6) is 0 Å². The summed E-state index contributed by atoms with van der Waals surface area (Å²) in [6, 6.07) is 14.1. The highest BCUT2D eigenvalue weighted by atomic mass is 16.6. The van der Waals surface area contributed by atoms with Crippen molar-refractivity contribution >= 4 is 22.8 Å². The number of hydrogen-bond donors (Lipinski definition) is 0. The van der Waals surface area contributed by atoms with E-state index >= 15 is 0 Å². The van der Waals surface area contributed by atoms with E-state index in [4.69, 9.17) is 4.74 Å². The number of hydrogen-bond acceptors (Lipinski definition) is 4. The largest absolute Gasteiger partial charge is 0.457 e. The second-order valence-corrected chi connectivity index (χ2v) is 6.16. The second-order valence-electron chi connectivity index (χ2n) is 6.16. The average molecular weight is 337 g/mol. The van der Waals surface area contributed by atoms with Crippen LogP contribution in [0.1, 0.15) is 42.9 Å². The molecule has 0 N–H and O–H groups in total. The van der Waals surface area contributed by atoms with Gasteiger partial charge in [0.05, 0.1) is 10.5 Å². The number of carbonyl (C=O) groups is 1. The van der Waals surface area contributed by atoms with E-state index in [9.17, 15) is 14.9 Å². The van der Waals surface area contributed by atoms with E-state index < -0.39 is 10.9 Å². The minimum atomic E-state index is -0.459. The highest BCUT2D eigenvalue weighted by Gasteiger charge is 2.27. The van der Waals surface area contributed by atoms with Gasteiger partial charge >= 0.3 is 5.97 Å². The summed E-state index contributed by atoms with van der Waals surface area (Å²) in [7, 11) is 0. The van der Waals surface area contributed by atoms with Gasteiger partial charge in [-0.15, -0.1) is 0 Å². The summed E-state index contributed by atoms with van der Waals surface area (Å²) in [5.74, 6) is 0.0912. The van der Waals surface area contributed by atoms with Crippen molar-refractivity contribution < 1.29 is 14.5 Å². The van der Waals surface area contributed by atoms with Crippen LogP contribution in [0.4, 0.5) is 5.69 Å². The summed E-state index contributed by atoms with van der Waals surface area (Å²) < 4.78 is 5.22. The summed E-state index contributed by atoms with van der Waals surface area (Å²) in [4.78, 5) is 22.5. The molecule has 25 heavy (non-hydrogen) atoms. The standard InChI is InChI=1S/C20H19NO4/c1-3-13(2)14-4-6-15(7-5-14)18-12-25-20(22)19(18)16-8-10-17(11-9-16)21(23)24/h4-11,13H,3,12H2,1-2H3/t13-/m1/s1. The van der Waals surface area contributed by atoms with E-state index in [1.165, 1.54) is 17.7 Å². The van der Waals surface area contributed by atoms with Crippen molar-refractivity contribution in [1.29, 1.82) is 0 Å². The average Bonchev–Trinajstić information content (AvgIpc) is 3.02. The third-order valence-electron chi connectivity index (χ3n) is 4.66. The SMILES string of the molecule is CC[C@@H](C)c1ccc(C2=C(c3ccc([N+](=O)[O-])cc3)C(=O)OC2)cc1. The minimum Gasteiger partial charge on any atom is -0.457 e. The molecule has 0 fully saturated rings. The predicted molar refractivity (Wildman–Crippen MR) is 96.0 cm³/mol. The number of cyclic esters (lactones) is 1. The van der Waals surface area contributed by atoms with Crippen LogP contribution in [0.25, 0.3) is 11.1 Å². The van der Waals surface area contributed by atoms with Crippen molar-refractivity contribution in [3.8, 4) is 0 Å². The van der Waals surface area contributed by atoms with Gasteiger partial charge in [0.15, 0.2) is 0 Å². The molecule has 0 amide bonds. The summed E-state index contributed by atoms with van der Waals surface area (Å²) in [6.45, 7) is 4.55. The number of nitrogens with zero attached hydrogens (tertiary/aromatic N) is 1. The first kappa shape index (κ1) is 16.9.